The van der Waals surface area contributed by atoms with Crippen molar-refractivity contribution in [1.29, 1.82) is 0 Å². The lowest BCUT2D eigenvalue weighted by atomic mass is 10.2. The molecule has 78 valence electrons. The molecular formula is C9H10N4O2. The van der Waals surface area contributed by atoms with Crippen LogP contribution in [-0.4, -0.2) is 33.0 Å². The number of H-pyrrole nitrogens is 2. The summed E-state index contributed by atoms with van der Waals surface area (Å²) < 4.78 is 4.89. The minimum absolute atomic E-state index is 0.340. The van der Waals surface area contributed by atoms with Crippen molar-refractivity contribution >= 4 is 5.97 Å². The largest absolute Gasteiger partial charge is 0.462 e. The van der Waals surface area contributed by atoms with Crippen molar-refractivity contribution in [3.05, 3.63) is 24.0 Å². The molecule has 0 aliphatic carbocycles. The average molecular weight is 206 g/mol. The lowest BCUT2D eigenvalue weighted by Crippen LogP contribution is -2.04. The van der Waals surface area contributed by atoms with Crippen LogP contribution in [0.3, 0.4) is 0 Å². The van der Waals surface area contributed by atoms with Crippen molar-refractivity contribution in [1.82, 2.24) is 20.4 Å². The van der Waals surface area contributed by atoms with Gasteiger partial charge in [-0.1, -0.05) is 0 Å². The Kier molecular flexibility index (Phi) is 2.49. The fraction of sp³-hybridized carbons (Fsp3) is 0.222. The van der Waals surface area contributed by atoms with Gasteiger partial charge in [-0.05, 0) is 13.0 Å². The van der Waals surface area contributed by atoms with Crippen molar-refractivity contribution in [3.63, 3.8) is 0 Å². The van der Waals surface area contributed by atoms with Crippen LogP contribution in [0.25, 0.3) is 11.4 Å². The summed E-state index contributed by atoms with van der Waals surface area (Å²) in [4.78, 5) is 11.5. The topological polar surface area (TPSA) is 83.7 Å². The molecule has 2 aromatic rings. The van der Waals surface area contributed by atoms with Gasteiger partial charge in [0.05, 0.1) is 12.3 Å². The van der Waals surface area contributed by atoms with Crippen molar-refractivity contribution in [2.45, 2.75) is 6.92 Å². The van der Waals surface area contributed by atoms with E-state index < -0.39 is 5.97 Å². The van der Waals surface area contributed by atoms with E-state index in [1.165, 1.54) is 6.20 Å². The number of aromatic nitrogens is 4. The molecule has 2 aromatic heterocycles. The van der Waals surface area contributed by atoms with Crippen molar-refractivity contribution < 1.29 is 9.53 Å². The number of nitrogens with one attached hydrogen (secondary N) is 2. The predicted molar refractivity (Wildman–Crippen MR) is 52.1 cm³/mol. The molecule has 0 fully saturated rings. The zero-order chi connectivity index (χ0) is 10.7. The van der Waals surface area contributed by atoms with Gasteiger partial charge in [-0.2, -0.15) is 10.2 Å². The molecule has 2 N–H and O–H groups in total. The van der Waals surface area contributed by atoms with Crippen LogP contribution >= 0.6 is 0 Å². The van der Waals surface area contributed by atoms with Gasteiger partial charge < -0.3 is 4.74 Å². The zero-order valence-corrected chi connectivity index (χ0v) is 8.15. The van der Waals surface area contributed by atoms with Gasteiger partial charge in [-0.25, -0.2) is 4.79 Å². The Morgan fingerprint density at radius 1 is 1.60 bits per heavy atom. The number of ether oxygens (including phenoxy) is 1. The minimum atomic E-state index is -0.393. The van der Waals surface area contributed by atoms with Gasteiger partial charge in [0.15, 0.2) is 0 Å². The third kappa shape index (κ3) is 1.74. The summed E-state index contributed by atoms with van der Waals surface area (Å²) in [5.41, 5.74) is 1.60. The molecule has 0 saturated carbocycles. The molecule has 2 rings (SSSR count). The molecule has 0 aromatic carbocycles. The molecule has 0 spiro atoms. The lowest BCUT2D eigenvalue weighted by Gasteiger charge is -1.99. The van der Waals surface area contributed by atoms with E-state index in [2.05, 4.69) is 20.4 Å². The number of rotatable bonds is 3. The number of carbonyl (C=O) groups is 1. The predicted octanol–water partition coefficient (Wildman–Crippen LogP) is 0.976. The highest BCUT2D eigenvalue weighted by Crippen LogP contribution is 2.18. The first kappa shape index (κ1) is 9.45. The first-order chi connectivity index (χ1) is 7.33. The molecule has 0 aliphatic heterocycles. The first-order valence-electron chi connectivity index (χ1n) is 4.53. The summed E-state index contributed by atoms with van der Waals surface area (Å²) in [6, 6.07) is 1.74. The Hall–Kier alpha value is -2.11. The molecule has 0 aliphatic rings. The fourth-order valence-corrected chi connectivity index (χ4v) is 1.25. The highest BCUT2D eigenvalue weighted by molar-refractivity contribution is 5.95. The summed E-state index contributed by atoms with van der Waals surface area (Å²) in [5.74, 6) is -0.393. The van der Waals surface area contributed by atoms with Crippen LogP contribution < -0.4 is 0 Å². The van der Waals surface area contributed by atoms with E-state index in [0.717, 1.165) is 0 Å². The van der Waals surface area contributed by atoms with Crippen LogP contribution in [0.2, 0.25) is 0 Å². The number of hydrogen-bond donors (Lipinski definition) is 2. The highest BCUT2D eigenvalue weighted by Gasteiger charge is 2.17. The zero-order valence-electron chi connectivity index (χ0n) is 8.15. The van der Waals surface area contributed by atoms with Crippen LogP contribution in [0, 0.1) is 0 Å². The van der Waals surface area contributed by atoms with Gasteiger partial charge in [0, 0.05) is 12.4 Å². The Balaban J connectivity index is 2.34. The van der Waals surface area contributed by atoms with E-state index in [4.69, 9.17) is 4.74 Å². The molecule has 15 heavy (non-hydrogen) atoms. The summed E-state index contributed by atoms with van der Waals surface area (Å²) in [5, 5.41) is 13.1. The quantitative estimate of drug-likeness (QED) is 0.733. The fourth-order valence-electron chi connectivity index (χ4n) is 1.25. The van der Waals surface area contributed by atoms with Crippen LogP contribution in [0.5, 0.6) is 0 Å². The van der Waals surface area contributed by atoms with E-state index in [1.807, 2.05) is 0 Å². The molecule has 2 heterocycles. The second-order valence-corrected chi connectivity index (χ2v) is 2.84. The van der Waals surface area contributed by atoms with Crippen LogP contribution in [0.1, 0.15) is 17.3 Å². The average Bonchev–Trinajstić information content (AvgIpc) is 2.88. The third-order valence-electron chi connectivity index (χ3n) is 1.89. The van der Waals surface area contributed by atoms with Gasteiger partial charge >= 0.3 is 5.97 Å². The highest BCUT2D eigenvalue weighted by atomic mass is 16.5. The molecule has 0 amide bonds. The van der Waals surface area contributed by atoms with Crippen molar-refractivity contribution in [2.75, 3.05) is 6.61 Å². The SMILES string of the molecule is CCOC(=O)c1c[nH]nc1-c1ccn[nH]1. The molecule has 0 bridgehead atoms. The van der Waals surface area contributed by atoms with Crippen molar-refractivity contribution in [3.8, 4) is 11.4 Å². The van der Waals surface area contributed by atoms with Crippen LogP contribution in [-0.2, 0) is 4.74 Å². The van der Waals surface area contributed by atoms with Gasteiger partial charge in [0.25, 0.3) is 0 Å². The summed E-state index contributed by atoms with van der Waals surface area (Å²) >= 11 is 0. The van der Waals surface area contributed by atoms with Crippen LogP contribution in [0.15, 0.2) is 18.5 Å². The molecule has 6 nitrogen and oxygen atoms in total. The number of esters is 1. The second kappa shape index (κ2) is 3.95. The second-order valence-electron chi connectivity index (χ2n) is 2.84. The number of aromatic amines is 2. The Bertz CT molecular complexity index is 446. The van der Waals surface area contributed by atoms with E-state index in [0.29, 0.717) is 23.6 Å². The molecule has 0 saturated heterocycles. The minimum Gasteiger partial charge on any atom is -0.462 e. The molecule has 6 heteroatoms. The van der Waals surface area contributed by atoms with E-state index in [-0.39, 0.29) is 0 Å². The summed E-state index contributed by atoms with van der Waals surface area (Å²) in [6.07, 6.45) is 3.10. The maximum absolute atomic E-state index is 11.5. The van der Waals surface area contributed by atoms with Gasteiger partial charge in [0.1, 0.15) is 11.3 Å². The van der Waals surface area contributed by atoms with Crippen LogP contribution in [0.4, 0.5) is 0 Å². The Morgan fingerprint density at radius 3 is 3.13 bits per heavy atom. The maximum atomic E-state index is 11.5. The number of hydrogen-bond acceptors (Lipinski definition) is 4. The monoisotopic (exact) mass is 206 g/mol. The van der Waals surface area contributed by atoms with Gasteiger partial charge in [-0.3, -0.25) is 10.2 Å². The summed E-state index contributed by atoms with van der Waals surface area (Å²) in [6.45, 7) is 2.10. The first-order valence-corrected chi connectivity index (χ1v) is 4.53. The standard InChI is InChI=1S/C9H10N4O2/c1-2-15-9(14)6-5-11-13-8(6)7-3-4-10-12-7/h3-5H,2H2,1H3,(H,10,12)(H,11,13). The molecule has 0 unspecified atom stereocenters. The van der Waals surface area contributed by atoms with E-state index in [9.17, 15) is 4.79 Å². The van der Waals surface area contributed by atoms with Crippen molar-refractivity contribution in [2.24, 2.45) is 0 Å². The maximum Gasteiger partial charge on any atom is 0.342 e. The number of nitrogens with zero attached hydrogens (tertiary/aromatic N) is 2. The Morgan fingerprint density at radius 2 is 2.47 bits per heavy atom. The van der Waals surface area contributed by atoms with Gasteiger partial charge in [0.2, 0.25) is 0 Å². The third-order valence-corrected chi connectivity index (χ3v) is 1.89. The van der Waals surface area contributed by atoms with E-state index >= 15 is 0 Å². The summed E-state index contributed by atoms with van der Waals surface area (Å²) in [7, 11) is 0. The van der Waals surface area contributed by atoms with Gasteiger partial charge in [-0.15, -0.1) is 0 Å². The smallest absolute Gasteiger partial charge is 0.342 e. The molecule has 0 radical (unpaired) electrons. The molecule has 0 atom stereocenters. The number of carbonyl (C=O) groups excluding carboxylic acids is 1. The molecular weight excluding hydrogens is 196 g/mol. The van der Waals surface area contributed by atoms with E-state index in [1.54, 1.807) is 19.2 Å². The Labute approximate surface area is 85.7 Å². The normalized spacial score (nSPS) is 10.2. The lowest BCUT2D eigenvalue weighted by molar-refractivity contribution is 0.0527.